The average molecular weight is 588 g/mol. The monoisotopic (exact) mass is 587 g/mol. The summed E-state index contributed by atoms with van der Waals surface area (Å²) in [5.74, 6) is 1.95. The fourth-order valence-corrected chi connectivity index (χ4v) is 6.40. The Hall–Kier alpha value is -6.33. The quantitative estimate of drug-likeness (QED) is 0.188. The van der Waals surface area contributed by atoms with E-state index in [0.717, 1.165) is 55.4 Å². The molecule has 6 aromatic carbocycles. The zero-order chi connectivity index (χ0) is 30.5. The Labute approximate surface area is 265 Å². The molecule has 9 aromatic rings. The van der Waals surface area contributed by atoms with Crippen LogP contribution in [0.5, 0.6) is 0 Å². The number of pyridine rings is 2. The van der Waals surface area contributed by atoms with Crippen molar-refractivity contribution in [3.05, 3.63) is 152 Å². The normalized spacial score (nSPS) is 11.5. The first kappa shape index (κ1) is 26.1. The molecule has 214 valence electrons. The van der Waals surface area contributed by atoms with Gasteiger partial charge in [-0.3, -0.25) is 9.97 Å². The molecule has 0 spiro atoms. The first-order chi connectivity index (χ1) is 22.8. The highest BCUT2D eigenvalue weighted by molar-refractivity contribution is 6.28. The molecule has 0 atom stereocenters. The molecule has 0 bridgehead atoms. The summed E-state index contributed by atoms with van der Waals surface area (Å²) < 4.78 is 0. The van der Waals surface area contributed by atoms with E-state index in [1.54, 1.807) is 6.20 Å². The van der Waals surface area contributed by atoms with Crippen LogP contribution in [0.4, 0.5) is 0 Å². The van der Waals surface area contributed by atoms with Gasteiger partial charge < -0.3 is 0 Å². The summed E-state index contributed by atoms with van der Waals surface area (Å²) in [5.41, 5.74) is 6.81. The highest BCUT2D eigenvalue weighted by atomic mass is 15.0. The molecule has 46 heavy (non-hydrogen) atoms. The van der Waals surface area contributed by atoms with Crippen molar-refractivity contribution in [2.24, 2.45) is 0 Å². The summed E-state index contributed by atoms with van der Waals surface area (Å²) in [7, 11) is 0. The molecule has 9 rings (SSSR count). The largest absolute Gasteiger partial charge is 0.256 e. The third-order valence-electron chi connectivity index (χ3n) is 8.58. The molecule has 0 saturated carbocycles. The van der Waals surface area contributed by atoms with Crippen molar-refractivity contribution in [3.8, 4) is 56.7 Å². The predicted molar refractivity (Wildman–Crippen MR) is 186 cm³/mol. The van der Waals surface area contributed by atoms with Crippen LogP contribution in [0.1, 0.15) is 0 Å². The summed E-state index contributed by atoms with van der Waals surface area (Å²) in [4.78, 5) is 24.4. The van der Waals surface area contributed by atoms with Crippen molar-refractivity contribution in [1.29, 1.82) is 0 Å². The molecule has 3 heterocycles. The zero-order valence-corrected chi connectivity index (χ0v) is 24.7. The first-order valence-electron chi connectivity index (χ1n) is 15.3. The maximum Gasteiger partial charge on any atom is 0.164 e. The lowest BCUT2D eigenvalue weighted by molar-refractivity contribution is 1.08. The van der Waals surface area contributed by atoms with Gasteiger partial charge in [-0.05, 0) is 62.6 Å². The maximum absolute atomic E-state index is 5.07. The summed E-state index contributed by atoms with van der Waals surface area (Å²) in [5, 5.41) is 6.99. The average Bonchev–Trinajstić information content (AvgIpc) is 3.14. The predicted octanol–water partition coefficient (Wildman–Crippen LogP) is 9.89. The second-order valence-electron chi connectivity index (χ2n) is 11.3. The van der Waals surface area contributed by atoms with Gasteiger partial charge in [-0.25, -0.2) is 15.0 Å². The third-order valence-corrected chi connectivity index (χ3v) is 8.58. The fourth-order valence-electron chi connectivity index (χ4n) is 6.40. The van der Waals surface area contributed by atoms with Crippen LogP contribution in [0.15, 0.2) is 152 Å². The van der Waals surface area contributed by atoms with Crippen LogP contribution in [0.25, 0.3) is 89.0 Å². The van der Waals surface area contributed by atoms with Crippen LogP contribution in [-0.4, -0.2) is 24.9 Å². The second kappa shape index (κ2) is 10.7. The van der Waals surface area contributed by atoms with Crippen LogP contribution in [-0.2, 0) is 0 Å². The van der Waals surface area contributed by atoms with E-state index >= 15 is 0 Å². The highest BCUT2D eigenvalue weighted by Gasteiger charge is 2.19. The van der Waals surface area contributed by atoms with Gasteiger partial charge in [0.1, 0.15) is 0 Å². The molecule has 3 aromatic heterocycles. The molecular formula is C41H25N5. The summed E-state index contributed by atoms with van der Waals surface area (Å²) >= 11 is 0. The van der Waals surface area contributed by atoms with Gasteiger partial charge in [0.25, 0.3) is 0 Å². The van der Waals surface area contributed by atoms with Gasteiger partial charge in [0.15, 0.2) is 17.5 Å². The minimum absolute atomic E-state index is 0.650. The van der Waals surface area contributed by atoms with Gasteiger partial charge in [0.2, 0.25) is 0 Å². The molecule has 0 N–H and O–H groups in total. The lowest BCUT2D eigenvalue weighted by Gasteiger charge is -2.17. The Morgan fingerprint density at radius 1 is 0.370 bits per heavy atom. The second-order valence-corrected chi connectivity index (χ2v) is 11.3. The van der Waals surface area contributed by atoms with Gasteiger partial charge in [-0.2, -0.15) is 0 Å². The van der Waals surface area contributed by atoms with Gasteiger partial charge >= 0.3 is 0 Å². The molecule has 0 aliphatic heterocycles. The Morgan fingerprint density at radius 2 is 1.04 bits per heavy atom. The van der Waals surface area contributed by atoms with Crippen molar-refractivity contribution in [2.75, 3.05) is 0 Å². The lowest BCUT2D eigenvalue weighted by atomic mass is 9.88. The van der Waals surface area contributed by atoms with Crippen LogP contribution < -0.4 is 0 Å². The lowest BCUT2D eigenvalue weighted by Crippen LogP contribution is -2.01. The van der Waals surface area contributed by atoms with E-state index in [1.807, 2.05) is 85.1 Å². The van der Waals surface area contributed by atoms with Crippen molar-refractivity contribution < 1.29 is 0 Å². The molecule has 0 amide bonds. The summed E-state index contributed by atoms with van der Waals surface area (Å²) in [6, 6.07) is 47.8. The SMILES string of the molecule is c1ccc(-c2nc(-c3ccccc3)nc(-c3cc4ccc(-c5ccc(-c6ccccn6)cn5)c5ccc6cccc3c6c45)n2)cc1. The molecule has 0 aliphatic rings. The number of rotatable bonds is 5. The number of hydrogen-bond donors (Lipinski definition) is 0. The Bertz CT molecular complexity index is 2440. The van der Waals surface area contributed by atoms with Gasteiger partial charge in [0.05, 0.1) is 11.4 Å². The van der Waals surface area contributed by atoms with E-state index in [2.05, 4.69) is 65.6 Å². The van der Waals surface area contributed by atoms with Crippen molar-refractivity contribution in [1.82, 2.24) is 24.9 Å². The van der Waals surface area contributed by atoms with Crippen molar-refractivity contribution in [2.45, 2.75) is 0 Å². The molecule has 0 unspecified atom stereocenters. The minimum atomic E-state index is 0.650. The first-order valence-corrected chi connectivity index (χ1v) is 15.3. The fraction of sp³-hybridized carbons (Fsp3) is 0. The van der Waals surface area contributed by atoms with Crippen molar-refractivity contribution >= 4 is 32.3 Å². The van der Waals surface area contributed by atoms with Crippen molar-refractivity contribution in [3.63, 3.8) is 0 Å². The zero-order valence-electron chi connectivity index (χ0n) is 24.7. The number of hydrogen-bond acceptors (Lipinski definition) is 5. The van der Waals surface area contributed by atoms with Crippen LogP contribution in [0, 0.1) is 0 Å². The van der Waals surface area contributed by atoms with Gasteiger partial charge in [-0.15, -0.1) is 0 Å². The van der Waals surface area contributed by atoms with E-state index in [1.165, 1.54) is 16.2 Å². The standard InChI is InChI=1S/C41H25N5/c1-3-10-27(11-4-1)39-44-40(28-12-5-2-6-13-28)46-41(45-39)34-24-29-18-20-31(33-21-17-26-14-9-15-32(34)37(26)38(29)33)36-22-19-30(25-43-36)35-16-7-8-23-42-35/h1-25H. The maximum atomic E-state index is 5.07. The Kier molecular flexibility index (Phi) is 6.06. The van der Waals surface area contributed by atoms with E-state index in [0.29, 0.717) is 17.5 Å². The Balaban J connectivity index is 1.26. The topological polar surface area (TPSA) is 64.5 Å². The Morgan fingerprint density at radius 3 is 1.74 bits per heavy atom. The van der Waals surface area contributed by atoms with E-state index in [4.69, 9.17) is 19.9 Å². The highest BCUT2D eigenvalue weighted by Crippen LogP contribution is 2.42. The molecule has 0 saturated heterocycles. The molecule has 0 aliphatic carbocycles. The molecule has 5 nitrogen and oxygen atoms in total. The van der Waals surface area contributed by atoms with E-state index < -0.39 is 0 Å². The van der Waals surface area contributed by atoms with Crippen LogP contribution >= 0.6 is 0 Å². The summed E-state index contributed by atoms with van der Waals surface area (Å²) in [6.45, 7) is 0. The number of aromatic nitrogens is 5. The van der Waals surface area contributed by atoms with E-state index in [9.17, 15) is 0 Å². The smallest absolute Gasteiger partial charge is 0.164 e. The molecule has 0 radical (unpaired) electrons. The van der Waals surface area contributed by atoms with Gasteiger partial charge in [0, 0.05) is 40.2 Å². The molecule has 5 heteroatoms. The number of nitrogens with zero attached hydrogens (tertiary/aromatic N) is 5. The van der Waals surface area contributed by atoms with Crippen LogP contribution in [0.3, 0.4) is 0 Å². The number of benzene rings is 6. The molecular weight excluding hydrogens is 562 g/mol. The summed E-state index contributed by atoms with van der Waals surface area (Å²) in [6.07, 6.45) is 3.71. The van der Waals surface area contributed by atoms with E-state index in [-0.39, 0.29) is 0 Å². The van der Waals surface area contributed by atoms with Crippen LogP contribution in [0.2, 0.25) is 0 Å². The van der Waals surface area contributed by atoms with Gasteiger partial charge in [-0.1, -0.05) is 109 Å². The third kappa shape index (κ3) is 4.37. The minimum Gasteiger partial charge on any atom is -0.256 e. The molecule has 0 fully saturated rings.